The van der Waals surface area contributed by atoms with Crippen LogP contribution in [0.4, 0.5) is 4.79 Å². The molecule has 6 heteroatoms. The Kier molecular flexibility index (Phi) is 7.58. The lowest BCUT2D eigenvalue weighted by Gasteiger charge is -2.24. The van der Waals surface area contributed by atoms with E-state index < -0.39 is 24.2 Å². The molecule has 0 saturated carbocycles. The van der Waals surface area contributed by atoms with Gasteiger partial charge in [0.15, 0.2) is 0 Å². The number of alkyl carbamates (subject to hydrolysis) is 1. The number of carboxylic acid groups (broad SMARTS) is 1. The monoisotopic (exact) mass is 369 g/mol. The average molecular weight is 369 g/mol. The Labute approximate surface area is 158 Å². The maximum Gasteiger partial charge on any atom is 0.407 e. The lowest BCUT2D eigenvalue weighted by molar-refractivity contribution is -0.133. The van der Waals surface area contributed by atoms with Gasteiger partial charge in [-0.05, 0) is 17.5 Å². The third kappa shape index (κ3) is 6.95. The number of carboxylic acids is 1. The molecule has 27 heavy (non-hydrogen) atoms. The van der Waals surface area contributed by atoms with Crippen molar-refractivity contribution in [2.24, 2.45) is 0 Å². The highest BCUT2D eigenvalue weighted by atomic mass is 16.5. The summed E-state index contributed by atoms with van der Waals surface area (Å²) < 4.78 is 5.20. The predicted octanol–water partition coefficient (Wildman–Crippen LogP) is 2.92. The average Bonchev–Trinajstić information content (AvgIpc) is 2.67. The van der Waals surface area contributed by atoms with Crippen LogP contribution in [0.5, 0.6) is 0 Å². The molecule has 2 atom stereocenters. The minimum Gasteiger partial charge on any atom is -0.478 e. The number of benzene rings is 2. The van der Waals surface area contributed by atoms with Gasteiger partial charge in [0.1, 0.15) is 6.61 Å². The zero-order valence-corrected chi connectivity index (χ0v) is 14.9. The van der Waals surface area contributed by atoms with Gasteiger partial charge in [-0.15, -0.1) is 0 Å². The first-order valence-corrected chi connectivity index (χ1v) is 8.56. The number of amides is 1. The highest BCUT2D eigenvalue weighted by Crippen LogP contribution is 2.13. The van der Waals surface area contributed by atoms with Crippen molar-refractivity contribution < 1.29 is 24.5 Å². The van der Waals surface area contributed by atoms with Crippen LogP contribution in [0, 0.1) is 0 Å². The second kappa shape index (κ2) is 10.1. The topological polar surface area (TPSA) is 95.9 Å². The van der Waals surface area contributed by atoms with E-state index in [0.717, 1.165) is 11.1 Å². The van der Waals surface area contributed by atoms with Gasteiger partial charge in [-0.1, -0.05) is 67.2 Å². The fraction of sp³-hybridized carbons (Fsp3) is 0.238. The number of ether oxygens (including phenoxy) is 1. The summed E-state index contributed by atoms with van der Waals surface area (Å²) in [6.07, 6.45) is -1.63. The minimum atomic E-state index is -1.18. The Hall–Kier alpha value is -3.12. The highest BCUT2D eigenvalue weighted by Gasteiger charge is 2.24. The lowest BCUT2D eigenvalue weighted by atomic mass is 9.97. The summed E-state index contributed by atoms with van der Waals surface area (Å²) in [7, 11) is 0. The van der Waals surface area contributed by atoms with Crippen molar-refractivity contribution in [3.63, 3.8) is 0 Å². The van der Waals surface area contributed by atoms with Gasteiger partial charge in [0.05, 0.1) is 12.1 Å². The molecule has 0 spiro atoms. The molecule has 1 amide bonds. The van der Waals surface area contributed by atoms with E-state index in [9.17, 15) is 14.7 Å². The van der Waals surface area contributed by atoms with Crippen molar-refractivity contribution in [2.75, 3.05) is 0 Å². The summed E-state index contributed by atoms with van der Waals surface area (Å²) in [4.78, 5) is 23.1. The summed E-state index contributed by atoms with van der Waals surface area (Å²) in [5, 5.41) is 22.0. The van der Waals surface area contributed by atoms with E-state index in [4.69, 9.17) is 9.84 Å². The van der Waals surface area contributed by atoms with Gasteiger partial charge in [0, 0.05) is 12.0 Å². The van der Waals surface area contributed by atoms with E-state index in [1.165, 1.54) is 0 Å². The number of aliphatic carboxylic acids is 1. The first kappa shape index (κ1) is 20.2. The number of nitrogens with one attached hydrogen (secondary N) is 1. The van der Waals surface area contributed by atoms with Crippen LogP contribution in [-0.2, 0) is 22.6 Å². The summed E-state index contributed by atoms with van der Waals surface area (Å²) in [6.45, 7) is 3.54. The summed E-state index contributed by atoms with van der Waals surface area (Å²) in [6, 6.07) is 17.8. The second-order valence-electron chi connectivity index (χ2n) is 6.18. The van der Waals surface area contributed by atoms with Crippen LogP contribution in [0.2, 0.25) is 0 Å². The van der Waals surface area contributed by atoms with Crippen LogP contribution in [0.15, 0.2) is 72.8 Å². The quantitative estimate of drug-likeness (QED) is 0.591. The molecule has 0 radical (unpaired) electrons. The minimum absolute atomic E-state index is 0.0999. The zero-order valence-electron chi connectivity index (χ0n) is 14.9. The number of rotatable bonds is 9. The van der Waals surface area contributed by atoms with Gasteiger partial charge in [-0.3, -0.25) is 0 Å². The molecular formula is C21H23NO5. The summed E-state index contributed by atoms with van der Waals surface area (Å²) in [5.41, 5.74) is 1.61. The largest absolute Gasteiger partial charge is 0.478 e. The Morgan fingerprint density at radius 1 is 1.00 bits per heavy atom. The Bertz CT molecular complexity index is 761. The fourth-order valence-electron chi connectivity index (χ4n) is 2.55. The zero-order chi connectivity index (χ0) is 19.6. The molecule has 6 nitrogen and oxygen atoms in total. The highest BCUT2D eigenvalue weighted by molar-refractivity contribution is 5.85. The molecule has 0 aliphatic carbocycles. The molecule has 2 aromatic carbocycles. The van der Waals surface area contributed by atoms with E-state index in [1.54, 1.807) is 0 Å². The number of aliphatic hydroxyl groups is 1. The molecule has 0 heterocycles. The van der Waals surface area contributed by atoms with Gasteiger partial charge in [-0.25, -0.2) is 9.59 Å². The number of hydrogen-bond acceptors (Lipinski definition) is 4. The van der Waals surface area contributed by atoms with E-state index in [2.05, 4.69) is 11.9 Å². The third-order valence-corrected chi connectivity index (χ3v) is 4.04. The van der Waals surface area contributed by atoms with Crippen molar-refractivity contribution in [1.29, 1.82) is 0 Å². The molecule has 0 bridgehead atoms. The molecule has 0 unspecified atom stereocenters. The number of aliphatic hydroxyl groups excluding tert-OH is 1. The summed E-state index contributed by atoms with van der Waals surface area (Å²) in [5.74, 6) is -1.18. The van der Waals surface area contributed by atoms with Crippen LogP contribution in [0.3, 0.4) is 0 Å². The van der Waals surface area contributed by atoms with Gasteiger partial charge >= 0.3 is 12.1 Å². The summed E-state index contributed by atoms with van der Waals surface area (Å²) >= 11 is 0. The molecule has 0 fully saturated rings. The Morgan fingerprint density at radius 2 is 1.56 bits per heavy atom. The standard InChI is InChI=1S/C21H23NO5/c1-15(20(24)25)12-19(23)18(13-16-8-4-2-5-9-16)22-21(26)27-14-17-10-6-3-7-11-17/h2-11,18-19,23H,1,12-14H2,(H,22,26)(H,24,25)/t18-,19+/m0/s1. The Morgan fingerprint density at radius 3 is 2.11 bits per heavy atom. The lowest BCUT2D eigenvalue weighted by Crippen LogP contribution is -2.45. The van der Waals surface area contributed by atoms with E-state index in [1.807, 2.05) is 60.7 Å². The van der Waals surface area contributed by atoms with Crippen molar-refractivity contribution >= 4 is 12.1 Å². The van der Waals surface area contributed by atoms with Crippen molar-refractivity contribution in [3.8, 4) is 0 Å². The SMILES string of the molecule is C=C(C[C@@H](O)[C@H](Cc1ccccc1)NC(=O)OCc1ccccc1)C(=O)O. The maximum atomic E-state index is 12.2. The number of carbonyl (C=O) groups excluding carboxylic acids is 1. The van der Waals surface area contributed by atoms with Crippen molar-refractivity contribution in [2.45, 2.75) is 31.6 Å². The molecule has 0 aliphatic heterocycles. The number of carbonyl (C=O) groups is 2. The Balaban J connectivity index is 2.00. The van der Waals surface area contributed by atoms with Crippen LogP contribution in [0.25, 0.3) is 0 Å². The van der Waals surface area contributed by atoms with Gasteiger partial charge in [0.2, 0.25) is 0 Å². The maximum absolute atomic E-state index is 12.2. The normalized spacial score (nSPS) is 12.6. The first-order valence-electron chi connectivity index (χ1n) is 8.56. The van der Waals surface area contributed by atoms with E-state index >= 15 is 0 Å². The molecule has 0 aromatic heterocycles. The van der Waals surface area contributed by atoms with Crippen LogP contribution in [-0.4, -0.2) is 34.4 Å². The van der Waals surface area contributed by atoms with Crippen LogP contribution >= 0.6 is 0 Å². The molecule has 3 N–H and O–H groups in total. The van der Waals surface area contributed by atoms with Crippen LogP contribution in [0.1, 0.15) is 17.5 Å². The smallest absolute Gasteiger partial charge is 0.407 e. The molecule has 2 rings (SSSR count). The first-order chi connectivity index (χ1) is 13.0. The van der Waals surface area contributed by atoms with Gasteiger partial charge < -0.3 is 20.3 Å². The molecule has 0 aliphatic rings. The molecule has 0 saturated heterocycles. The van der Waals surface area contributed by atoms with E-state index in [0.29, 0.717) is 6.42 Å². The molecule has 2 aromatic rings. The third-order valence-electron chi connectivity index (χ3n) is 4.04. The van der Waals surface area contributed by atoms with E-state index in [-0.39, 0.29) is 18.6 Å². The van der Waals surface area contributed by atoms with Gasteiger partial charge in [0.25, 0.3) is 0 Å². The van der Waals surface area contributed by atoms with Crippen molar-refractivity contribution in [1.82, 2.24) is 5.32 Å². The molecule has 142 valence electrons. The van der Waals surface area contributed by atoms with Gasteiger partial charge in [-0.2, -0.15) is 0 Å². The predicted molar refractivity (Wildman–Crippen MR) is 101 cm³/mol. The van der Waals surface area contributed by atoms with Crippen LogP contribution < -0.4 is 5.32 Å². The molecular weight excluding hydrogens is 346 g/mol. The fourth-order valence-corrected chi connectivity index (χ4v) is 2.55. The second-order valence-corrected chi connectivity index (χ2v) is 6.18. The van der Waals surface area contributed by atoms with Crippen molar-refractivity contribution in [3.05, 3.63) is 83.9 Å². The number of hydrogen-bond donors (Lipinski definition) is 3.